The first kappa shape index (κ1) is 15.1. The molecule has 0 aliphatic rings. The van der Waals surface area contributed by atoms with Crippen LogP contribution in [0.25, 0.3) is 11.0 Å². The van der Waals surface area contributed by atoms with Gasteiger partial charge in [-0.05, 0) is 52.7 Å². The Bertz CT molecular complexity index is 935. The number of halogens is 1. The van der Waals surface area contributed by atoms with Crippen molar-refractivity contribution in [3.8, 4) is 0 Å². The zero-order valence-corrected chi connectivity index (χ0v) is 14.1. The summed E-state index contributed by atoms with van der Waals surface area (Å²) in [4.78, 5) is 0. The van der Waals surface area contributed by atoms with Crippen LogP contribution in [0.5, 0.6) is 0 Å². The first-order chi connectivity index (χ1) is 10.4. The predicted octanol–water partition coefficient (Wildman–Crippen LogP) is 3.84. The lowest BCUT2D eigenvalue weighted by Gasteiger charge is -2.09. The van der Waals surface area contributed by atoms with Gasteiger partial charge in [0.2, 0.25) is 10.0 Å². The standard InChI is InChI=1S/C15H13BrN2O3S/c1-10-6-7-13(12(16)8-10)18-22(19,20)9-14-11-4-2-3-5-15(11)21-17-14/h2-8,18H,9H2,1H3. The van der Waals surface area contributed by atoms with Gasteiger partial charge >= 0.3 is 0 Å². The molecule has 0 bridgehead atoms. The smallest absolute Gasteiger partial charge is 0.238 e. The molecule has 2 aromatic carbocycles. The van der Waals surface area contributed by atoms with Crippen LogP contribution in [0.2, 0.25) is 0 Å². The summed E-state index contributed by atoms with van der Waals surface area (Å²) < 4.78 is 33.1. The second-order valence-electron chi connectivity index (χ2n) is 4.97. The van der Waals surface area contributed by atoms with E-state index < -0.39 is 10.0 Å². The fourth-order valence-corrected chi connectivity index (χ4v) is 4.01. The highest BCUT2D eigenvalue weighted by atomic mass is 79.9. The predicted molar refractivity (Wildman–Crippen MR) is 89.1 cm³/mol. The zero-order valence-electron chi connectivity index (χ0n) is 11.7. The molecule has 0 amide bonds. The van der Waals surface area contributed by atoms with Gasteiger partial charge in [-0.2, -0.15) is 0 Å². The van der Waals surface area contributed by atoms with Crippen molar-refractivity contribution < 1.29 is 12.9 Å². The number of sulfonamides is 1. The molecule has 1 aromatic heterocycles. The monoisotopic (exact) mass is 380 g/mol. The van der Waals surface area contributed by atoms with Gasteiger partial charge in [-0.1, -0.05) is 23.4 Å². The van der Waals surface area contributed by atoms with Crippen LogP contribution in [0.4, 0.5) is 5.69 Å². The molecule has 0 saturated carbocycles. The third-order valence-electron chi connectivity index (χ3n) is 3.17. The van der Waals surface area contributed by atoms with Gasteiger partial charge < -0.3 is 4.52 Å². The molecule has 0 saturated heterocycles. The van der Waals surface area contributed by atoms with Gasteiger partial charge in [0.25, 0.3) is 0 Å². The van der Waals surface area contributed by atoms with E-state index in [4.69, 9.17) is 4.52 Å². The largest absolute Gasteiger partial charge is 0.356 e. The molecule has 0 fully saturated rings. The Morgan fingerprint density at radius 3 is 2.77 bits per heavy atom. The molecule has 1 N–H and O–H groups in total. The van der Waals surface area contributed by atoms with E-state index in [1.54, 1.807) is 18.2 Å². The number of aryl methyl sites for hydroxylation is 1. The summed E-state index contributed by atoms with van der Waals surface area (Å²) in [6.07, 6.45) is 0. The fraction of sp³-hybridized carbons (Fsp3) is 0.133. The van der Waals surface area contributed by atoms with E-state index in [1.165, 1.54) is 0 Å². The number of fused-ring (bicyclic) bond motifs is 1. The van der Waals surface area contributed by atoms with Gasteiger partial charge in [0.05, 0.1) is 5.69 Å². The summed E-state index contributed by atoms with van der Waals surface area (Å²) in [5.41, 5.74) is 2.51. The van der Waals surface area contributed by atoms with E-state index in [1.807, 2.05) is 31.2 Å². The van der Waals surface area contributed by atoms with Crippen LogP contribution in [-0.2, 0) is 15.8 Å². The molecule has 0 aliphatic heterocycles. The van der Waals surface area contributed by atoms with Crippen LogP contribution in [0, 0.1) is 6.92 Å². The Hall–Kier alpha value is -1.86. The average Bonchev–Trinajstić information content (AvgIpc) is 2.85. The zero-order chi connectivity index (χ0) is 15.7. The number of aromatic nitrogens is 1. The number of nitrogens with one attached hydrogen (secondary N) is 1. The van der Waals surface area contributed by atoms with Gasteiger partial charge in [-0.15, -0.1) is 0 Å². The summed E-state index contributed by atoms with van der Waals surface area (Å²) in [6.45, 7) is 1.94. The molecule has 0 aliphatic carbocycles. The lowest BCUT2D eigenvalue weighted by molar-refractivity contribution is 0.448. The third kappa shape index (κ3) is 3.15. The topological polar surface area (TPSA) is 72.2 Å². The molecule has 7 heteroatoms. The van der Waals surface area contributed by atoms with E-state index in [0.717, 1.165) is 5.56 Å². The quantitative estimate of drug-likeness (QED) is 0.745. The van der Waals surface area contributed by atoms with Crippen LogP contribution in [0.15, 0.2) is 51.5 Å². The van der Waals surface area contributed by atoms with Crippen molar-refractivity contribution in [1.82, 2.24) is 5.16 Å². The van der Waals surface area contributed by atoms with Gasteiger partial charge in [0, 0.05) is 9.86 Å². The highest BCUT2D eigenvalue weighted by Crippen LogP contribution is 2.26. The highest BCUT2D eigenvalue weighted by molar-refractivity contribution is 9.10. The van der Waals surface area contributed by atoms with E-state index in [2.05, 4.69) is 25.8 Å². The lowest BCUT2D eigenvalue weighted by atomic mass is 10.2. The molecule has 3 rings (SSSR count). The first-order valence-electron chi connectivity index (χ1n) is 6.54. The molecule has 0 spiro atoms. The summed E-state index contributed by atoms with van der Waals surface area (Å²) in [6, 6.07) is 12.6. The SMILES string of the molecule is Cc1ccc(NS(=O)(=O)Cc2noc3ccccc23)c(Br)c1. The van der Waals surface area contributed by atoms with Gasteiger partial charge in [0.1, 0.15) is 11.4 Å². The average molecular weight is 381 g/mol. The number of hydrogen-bond acceptors (Lipinski definition) is 4. The minimum atomic E-state index is -3.59. The maximum atomic E-state index is 12.3. The Kier molecular flexibility index (Phi) is 3.92. The molecule has 0 atom stereocenters. The van der Waals surface area contributed by atoms with Gasteiger partial charge in [-0.3, -0.25) is 4.72 Å². The Labute approximate surface area is 136 Å². The third-order valence-corrected chi connectivity index (χ3v) is 5.01. The molecule has 114 valence electrons. The Morgan fingerprint density at radius 2 is 2.00 bits per heavy atom. The molecule has 5 nitrogen and oxygen atoms in total. The van der Waals surface area contributed by atoms with Crippen LogP contribution < -0.4 is 4.72 Å². The molecule has 22 heavy (non-hydrogen) atoms. The first-order valence-corrected chi connectivity index (χ1v) is 8.99. The van der Waals surface area contributed by atoms with Crippen molar-refractivity contribution in [3.05, 3.63) is 58.2 Å². The highest BCUT2D eigenvalue weighted by Gasteiger charge is 2.18. The number of nitrogens with zero attached hydrogens (tertiary/aromatic N) is 1. The number of para-hydroxylation sites is 1. The second kappa shape index (κ2) is 5.73. The fourth-order valence-electron chi connectivity index (χ4n) is 2.13. The van der Waals surface area contributed by atoms with Crippen molar-refractivity contribution in [2.45, 2.75) is 12.7 Å². The summed E-state index contributed by atoms with van der Waals surface area (Å²) >= 11 is 3.36. The summed E-state index contributed by atoms with van der Waals surface area (Å²) in [5, 5.41) is 4.56. The van der Waals surface area contributed by atoms with Crippen molar-refractivity contribution in [2.75, 3.05) is 4.72 Å². The Balaban J connectivity index is 1.87. The lowest BCUT2D eigenvalue weighted by Crippen LogP contribution is -2.15. The Morgan fingerprint density at radius 1 is 1.23 bits per heavy atom. The molecule has 3 aromatic rings. The van der Waals surface area contributed by atoms with Gasteiger partial charge in [-0.25, -0.2) is 8.42 Å². The summed E-state index contributed by atoms with van der Waals surface area (Å²) in [5.74, 6) is -0.246. The van der Waals surface area contributed by atoms with Crippen molar-refractivity contribution in [1.29, 1.82) is 0 Å². The molecular weight excluding hydrogens is 368 g/mol. The summed E-state index contributed by atoms with van der Waals surface area (Å²) in [7, 11) is -3.59. The van der Waals surface area contributed by atoms with Crippen molar-refractivity contribution in [3.63, 3.8) is 0 Å². The van der Waals surface area contributed by atoms with Crippen LogP contribution >= 0.6 is 15.9 Å². The van der Waals surface area contributed by atoms with Crippen LogP contribution in [0.1, 0.15) is 11.3 Å². The number of benzene rings is 2. The number of hydrogen-bond donors (Lipinski definition) is 1. The maximum absolute atomic E-state index is 12.3. The maximum Gasteiger partial charge on any atom is 0.238 e. The molecule has 0 radical (unpaired) electrons. The van der Waals surface area contributed by atoms with Crippen molar-refractivity contribution >= 4 is 42.6 Å². The molecular formula is C15H13BrN2O3S. The number of anilines is 1. The minimum absolute atomic E-state index is 0.246. The van der Waals surface area contributed by atoms with Crippen LogP contribution in [0.3, 0.4) is 0 Å². The van der Waals surface area contributed by atoms with E-state index >= 15 is 0 Å². The van der Waals surface area contributed by atoms with Crippen molar-refractivity contribution in [2.24, 2.45) is 0 Å². The normalized spacial score (nSPS) is 11.7. The van der Waals surface area contributed by atoms with Crippen LogP contribution in [-0.4, -0.2) is 13.6 Å². The van der Waals surface area contributed by atoms with E-state index in [-0.39, 0.29) is 5.75 Å². The second-order valence-corrected chi connectivity index (χ2v) is 7.55. The number of rotatable bonds is 4. The van der Waals surface area contributed by atoms with E-state index in [0.29, 0.717) is 26.8 Å². The molecule has 1 heterocycles. The minimum Gasteiger partial charge on any atom is -0.356 e. The van der Waals surface area contributed by atoms with E-state index in [9.17, 15) is 8.42 Å². The van der Waals surface area contributed by atoms with Gasteiger partial charge in [0.15, 0.2) is 5.58 Å². The molecule has 0 unspecified atom stereocenters.